The number of benzene rings is 1. The lowest BCUT2D eigenvalue weighted by atomic mass is 10.2. The third kappa shape index (κ3) is 2.77. The first-order chi connectivity index (χ1) is 13.3. The van der Waals surface area contributed by atoms with E-state index in [0.717, 1.165) is 32.7 Å². The standard InChI is InChI=1S/C18H14N8S/c1-19-15-6-7-20-16-3-2-12(8-13(15)16)27-18-24-23-17-5-4-14(25-26(17)18)11-9-21-22-10-11/h2-10H,1H3,(H,19,20)(H,21,22). The second-order valence-electron chi connectivity index (χ2n) is 5.85. The monoisotopic (exact) mass is 374 g/mol. The summed E-state index contributed by atoms with van der Waals surface area (Å²) in [5.74, 6) is 0. The summed E-state index contributed by atoms with van der Waals surface area (Å²) in [5, 5.41) is 24.9. The van der Waals surface area contributed by atoms with Crippen molar-refractivity contribution in [2.75, 3.05) is 12.4 Å². The van der Waals surface area contributed by atoms with Crippen LogP contribution in [-0.4, -0.2) is 42.0 Å². The van der Waals surface area contributed by atoms with E-state index < -0.39 is 0 Å². The summed E-state index contributed by atoms with van der Waals surface area (Å²) < 4.78 is 1.75. The minimum atomic E-state index is 0.697. The van der Waals surface area contributed by atoms with Gasteiger partial charge in [-0.25, -0.2) is 0 Å². The van der Waals surface area contributed by atoms with Gasteiger partial charge in [-0.1, -0.05) is 0 Å². The van der Waals surface area contributed by atoms with Crippen LogP contribution in [0.25, 0.3) is 27.8 Å². The van der Waals surface area contributed by atoms with Gasteiger partial charge in [-0.3, -0.25) is 10.1 Å². The highest BCUT2D eigenvalue weighted by Gasteiger charge is 2.12. The number of H-pyrrole nitrogens is 1. The van der Waals surface area contributed by atoms with Crippen molar-refractivity contribution in [2.45, 2.75) is 10.1 Å². The molecule has 8 nitrogen and oxygen atoms in total. The Morgan fingerprint density at radius 2 is 2.07 bits per heavy atom. The molecule has 1 aromatic carbocycles. The predicted molar refractivity (Wildman–Crippen MR) is 104 cm³/mol. The van der Waals surface area contributed by atoms with Crippen LogP contribution in [0.5, 0.6) is 0 Å². The van der Waals surface area contributed by atoms with E-state index in [9.17, 15) is 0 Å². The van der Waals surface area contributed by atoms with Crippen molar-refractivity contribution in [1.82, 2.24) is 35.0 Å². The Kier molecular flexibility index (Phi) is 3.72. The van der Waals surface area contributed by atoms with Crippen molar-refractivity contribution in [3.05, 3.63) is 55.0 Å². The van der Waals surface area contributed by atoms with E-state index in [1.54, 1.807) is 23.1 Å². The molecule has 0 unspecified atom stereocenters. The molecule has 0 fully saturated rings. The summed E-state index contributed by atoms with van der Waals surface area (Å²) >= 11 is 1.51. The summed E-state index contributed by atoms with van der Waals surface area (Å²) in [6.45, 7) is 0. The molecule has 0 spiro atoms. The second kappa shape index (κ2) is 6.36. The van der Waals surface area contributed by atoms with Crippen molar-refractivity contribution >= 4 is 34.0 Å². The molecule has 0 aliphatic carbocycles. The largest absolute Gasteiger partial charge is 0.388 e. The lowest BCUT2D eigenvalue weighted by molar-refractivity contribution is 0.813. The van der Waals surface area contributed by atoms with Crippen molar-refractivity contribution in [1.29, 1.82) is 0 Å². The van der Waals surface area contributed by atoms with Crippen LogP contribution in [-0.2, 0) is 0 Å². The smallest absolute Gasteiger partial charge is 0.217 e. The molecule has 4 heterocycles. The molecule has 0 aliphatic heterocycles. The van der Waals surface area contributed by atoms with Crippen molar-refractivity contribution in [3.8, 4) is 11.3 Å². The highest BCUT2D eigenvalue weighted by Crippen LogP contribution is 2.31. The minimum Gasteiger partial charge on any atom is -0.388 e. The van der Waals surface area contributed by atoms with Crippen LogP contribution in [0.3, 0.4) is 0 Å². The lowest BCUT2D eigenvalue weighted by Crippen LogP contribution is -1.96. The van der Waals surface area contributed by atoms with E-state index in [2.05, 4.69) is 41.9 Å². The van der Waals surface area contributed by atoms with Gasteiger partial charge in [0.15, 0.2) is 5.65 Å². The minimum absolute atomic E-state index is 0.697. The van der Waals surface area contributed by atoms with Gasteiger partial charge >= 0.3 is 0 Å². The molecule has 5 rings (SSSR count). The topological polar surface area (TPSA) is 96.7 Å². The van der Waals surface area contributed by atoms with Gasteiger partial charge in [0.05, 0.1) is 17.4 Å². The molecular formula is C18H14N8S. The zero-order chi connectivity index (χ0) is 18.2. The maximum atomic E-state index is 4.66. The first-order valence-corrected chi connectivity index (χ1v) is 9.09. The zero-order valence-corrected chi connectivity index (χ0v) is 15.1. The maximum Gasteiger partial charge on any atom is 0.217 e. The number of aromatic amines is 1. The zero-order valence-electron chi connectivity index (χ0n) is 14.3. The fourth-order valence-electron chi connectivity index (χ4n) is 2.89. The summed E-state index contributed by atoms with van der Waals surface area (Å²) in [6, 6.07) is 11.9. The molecule has 0 amide bonds. The third-order valence-corrected chi connectivity index (χ3v) is 5.15. The number of anilines is 1. The fourth-order valence-corrected chi connectivity index (χ4v) is 3.72. The van der Waals surface area contributed by atoms with Gasteiger partial charge in [0.2, 0.25) is 5.16 Å². The summed E-state index contributed by atoms with van der Waals surface area (Å²) in [7, 11) is 1.90. The van der Waals surface area contributed by atoms with Gasteiger partial charge < -0.3 is 5.32 Å². The van der Waals surface area contributed by atoms with Crippen molar-refractivity contribution < 1.29 is 0 Å². The quantitative estimate of drug-likeness (QED) is 0.498. The van der Waals surface area contributed by atoms with Crippen molar-refractivity contribution in [3.63, 3.8) is 0 Å². The molecule has 5 aromatic rings. The Balaban J connectivity index is 1.56. The van der Waals surface area contributed by atoms with Crippen LogP contribution in [0.2, 0.25) is 0 Å². The first kappa shape index (κ1) is 15.8. The van der Waals surface area contributed by atoms with E-state index in [0.29, 0.717) is 10.8 Å². The SMILES string of the molecule is CNc1ccnc2ccc(Sc3nnc4ccc(-c5cn[nH]c5)nn34)cc12. The van der Waals surface area contributed by atoms with Crippen LogP contribution in [0, 0.1) is 0 Å². The Labute approximate surface area is 158 Å². The second-order valence-corrected chi connectivity index (χ2v) is 6.89. The Morgan fingerprint density at radius 1 is 1.11 bits per heavy atom. The number of pyridine rings is 1. The normalized spacial score (nSPS) is 11.3. The summed E-state index contributed by atoms with van der Waals surface area (Å²) in [5.41, 5.74) is 4.39. The number of nitrogens with zero attached hydrogens (tertiary/aromatic N) is 6. The molecular weight excluding hydrogens is 360 g/mol. The predicted octanol–water partition coefficient (Wildman–Crippen LogP) is 3.26. The molecule has 0 aliphatic rings. The van der Waals surface area contributed by atoms with Gasteiger partial charge in [0.1, 0.15) is 0 Å². The van der Waals surface area contributed by atoms with E-state index in [-0.39, 0.29) is 0 Å². The molecule has 9 heteroatoms. The summed E-state index contributed by atoms with van der Waals surface area (Å²) in [6.07, 6.45) is 5.34. The number of nitrogens with one attached hydrogen (secondary N) is 2. The average Bonchev–Trinajstić information content (AvgIpc) is 3.37. The number of rotatable bonds is 4. The van der Waals surface area contributed by atoms with Crippen LogP contribution < -0.4 is 5.32 Å². The van der Waals surface area contributed by atoms with Gasteiger partial charge in [0.25, 0.3) is 0 Å². The van der Waals surface area contributed by atoms with Crippen molar-refractivity contribution in [2.24, 2.45) is 0 Å². The van der Waals surface area contributed by atoms with Crippen LogP contribution in [0.4, 0.5) is 5.69 Å². The number of aromatic nitrogens is 7. The lowest BCUT2D eigenvalue weighted by Gasteiger charge is -2.07. The highest BCUT2D eigenvalue weighted by molar-refractivity contribution is 7.99. The highest BCUT2D eigenvalue weighted by atomic mass is 32.2. The molecule has 0 saturated heterocycles. The summed E-state index contributed by atoms with van der Waals surface area (Å²) in [4.78, 5) is 5.45. The first-order valence-electron chi connectivity index (χ1n) is 8.28. The molecule has 0 bridgehead atoms. The Bertz CT molecular complexity index is 1250. The number of fused-ring (bicyclic) bond motifs is 2. The molecule has 27 heavy (non-hydrogen) atoms. The van der Waals surface area contributed by atoms with E-state index in [1.165, 1.54) is 11.8 Å². The fraction of sp³-hybridized carbons (Fsp3) is 0.0556. The van der Waals surface area contributed by atoms with Gasteiger partial charge in [-0.05, 0) is 48.2 Å². The Morgan fingerprint density at radius 3 is 2.93 bits per heavy atom. The van der Waals surface area contributed by atoms with Crippen LogP contribution in [0.1, 0.15) is 0 Å². The van der Waals surface area contributed by atoms with Crippen LogP contribution in [0.15, 0.2) is 65.0 Å². The molecule has 0 saturated carbocycles. The van der Waals surface area contributed by atoms with E-state index in [4.69, 9.17) is 0 Å². The van der Waals surface area contributed by atoms with Gasteiger partial charge in [-0.2, -0.15) is 14.7 Å². The van der Waals surface area contributed by atoms with Gasteiger partial charge in [-0.15, -0.1) is 10.2 Å². The molecule has 4 aromatic heterocycles. The van der Waals surface area contributed by atoms with E-state index >= 15 is 0 Å². The maximum absolute atomic E-state index is 4.66. The Hall–Kier alpha value is -3.46. The average molecular weight is 374 g/mol. The number of hydrogen-bond donors (Lipinski definition) is 2. The molecule has 2 N–H and O–H groups in total. The van der Waals surface area contributed by atoms with E-state index in [1.807, 2.05) is 37.4 Å². The third-order valence-electron chi connectivity index (χ3n) is 4.22. The molecule has 0 atom stereocenters. The van der Waals surface area contributed by atoms with Gasteiger partial charge in [0, 0.05) is 41.0 Å². The molecule has 132 valence electrons. The molecule has 0 radical (unpaired) electrons. The number of hydrogen-bond acceptors (Lipinski definition) is 7. The van der Waals surface area contributed by atoms with Crippen LogP contribution >= 0.6 is 11.8 Å².